The van der Waals surface area contributed by atoms with Crippen molar-refractivity contribution in [3.05, 3.63) is 69.7 Å². The molecule has 0 unspecified atom stereocenters. The third-order valence-corrected chi connectivity index (χ3v) is 8.15. The number of carboxylic acid groups (broad SMARTS) is 1. The Morgan fingerprint density at radius 1 is 1.05 bits per heavy atom. The van der Waals surface area contributed by atoms with Crippen molar-refractivity contribution in [1.82, 2.24) is 30.4 Å². The molecule has 0 aliphatic carbocycles. The quantitative estimate of drug-likeness (QED) is 0.380. The standard InChI is InChI=1S/C24H19Cl2N7O3S/c25-17-6-3-5-15(20(17)26)16-12-24(36-18-7-2-1-4-14(16)18)8-10-32(11-9-24)23-29-28-22(37-23)21-27-31-33(30-21)13-19(34)35/h1-7,12H,8-11,13H2,(H,34,35). The highest BCUT2D eigenvalue weighted by molar-refractivity contribution is 7.18. The molecular weight excluding hydrogens is 537 g/mol. The first-order valence-corrected chi connectivity index (χ1v) is 13.0. The monoisotopic (exact) mass is 555 g/mol. The minimum absolute atomic E-state index is 0.247. The highest BCUT2D eigenvalue weighted by Gasteiger charge is 2.40. The summed E-state index contributed by atoms with van der Waals surface area (Å²) in [6.07, 6.45) is 3.64. The number of rotatable bonds is 5. The number of benzene rings is 2. The van der Waals surface area contributed by atoms with E-state index in [1.54, 1.807) is 6.07 Å². The van der Waals surface area contributed by atoms with E-state index in [2.05, 4.69) is 36.6 Å². The van der Waals surface area contributed by atoms with Crippen molar-refractivity contribution in [2.45, 2.75) is 25.0 Å². The van der Waals surface area contributed by atoms with Gasteiger partial charge in [0.05, 0.1) is 10.0 Å². The molecule has 188 valence electrons. The molecule has 1 fully saturated rings. The Hall–Kier alpha value is -3.54. The van der Waals surface area contributed by atoms with E-state index < -0.39 is 11.6 Å². The van der Waals surface area contributed by atoms with Crippen LogP contribution in [0, 0.1) is 0 Å². The number of piperidine rings is 1. The van der Waals surface area contributed by atoms with E-state index in [1.807, 2.05) is 36.4 Å². The maximum Gasteiger partial charge on any atom is 0.327 e. The SMILES string of the molecule is O=C(O)Cn1nnc(-c2nnc(N3CCC4(C=C(c5cccc(Cl)c5Cl)c5ccccc5O4)CC3)s2)n1. The predicted octanol–water partition coefficient (Wildman–Crippen LogP) is 4.45. The average molecular weight is 556 g/mol. The van der Waals surface area contributed by atoms with E-state index in [0.29, 0.717) is 28.1 Å². The van der Waals surface area contributed by atoms with Crippen LogP contribution in [0.5, 0.6) is 5.75 Å². The maximum absolute atomic E-state index is 10.9. The van der Waals surface area contributed by atoms with Crippen molar-refractivity contribution in [3.63, 3.8) is 0 Å². The van der Waals surface area contributed by atoms with Crippen LogP contribution in [0.15, 0.2) is 48.5 Å². The molecule has 0 radical (unpaired) electrons. The number of halogens is 2. The fourth-order valence-corrected chi connectivity index (χ4v) is 5.80. The summed E-state index contributed by atoms with van der Waals surface area (Å²) < 4.78 is 6.58. The number of carbonyl (C=O) groups is 1. The van der Waals surface area contributed by atoms with Crippen molar-refractivity contribution in [3.8, 4) is 16.6 Å². The summed E-state index contributed by atoms with van der Waals surface area (Å²) in [4.78, 5) is 14.0. The van der Waals surface area contributed by atoms with Gasteiger partial charge >= 0.3 is 5.97 Å². The summed E-state index contributed by atoms with van der Waals surface area (Å²) >= 11 is 14.3. The van der Waals surface area contributed by atoms with Crippen LogP contribution in [0.2, 0.25) is 10.0 Å². The lowest BCUT2D eigenvalue weighted by molar-refractivity contribution is -0.138. The number of tetrazole rings is 1. The summed E-state index contributed by atoms with van der Waals surface area (Å²) in [5, 5.41) is 31.4. The van der Waals surface area contributed by atoms with Gasteiger partial charge in [0.2, 0.25) is 11.0 Å². The van der Waals surface area contributed by atoms with Gasteiger partial charge < -0.3 is 14.7 Å². The first-order valence-electron chi connectivity index (χ1n) is 11.4. The number of para-hydroxylation sites is 1. The Morgan fingerprint density at radius 2 is 1.84 bits per heavy atom. The second-order valence-electron chi connectivity index (χ2n) is 8.74. The van der Waals surface area contributed by atoms with Gasteiger partial charge in [-0.25, -0.2) is 0 Å². The van der Waals surface area contributed by atoms with Crippen LogP contribution in [-0.4, -0.2) is 60.2 Å². The van der Waals surface area contributed by atoms with E-state index in [0.717, 1.165) is 45.2 Å². The first kappa shape index (κ1) is 23.8. The van der Waals surface area contributed by atoms with Crippen molar-refractivity contribution >= 4 is 51.2 Å². The maximum atomic E-state index is 10.9. The lowest BCUT2D eigenvalue weighted by Crippen LogP contribution is -2.48. The number of aromatic nitrogens is 6. The molecule has 0 atom stereocenters. The molecule has 1 N–H and O–H groups in total. The molecule has 2 aromatic carbocycles. The number of aliphatic carboxylic acids is 1. The van der Waals surface area contributed by atoms with Gasteiger partial charge in [-0.3, -0.25) is 4.79 Å². The molecule has 0 amide bonds. The number of carboxylic acids is 1. The molecule has 0 bridgehead atoms. The minimum Gasteiger partial charge on any atom is -0.482 e. The summed E-state index contributed by atoms with van der Waals surface area (Å²) in [6.45, 7) is 1.03. The highest BCUT2D eigenvalue weighted by Crippen LogP contribution is 2.46. The van der Waals surface area contributed by atoms with Crippen molar-refractivity contribution in [1.29, 1.82) is 0 Å². The van der Waals surface area contributed by atoms with E-state index in [4.69, 9.17) is 33.0 Å². The first-order chi connectivity index (χ1) is 17.9. The van der Waals surface area contributed by atoms with Crippen LogP contribution in [0.25, 0.3) is 16.4 Å². The van der Waals surface area contributed by atoms with Crippen LogP contribution in [0.1, 0.15) is 24.0 Å². The minimum atomic E-state index is -1.05. The van der Waals surface area contributed by atoms with Crippen LogP contribution >= 0.6 is 34.5 Å². The summed E-state index contributed by atoms with van der Waals surface area (Å²) in [6, 6.07) is 13.6. The van der Waals surface area contributed by atoms with E-state index in [9.17, 15) is 4.79 Å². The van der Waals surface area contributed by atoms with Crippen LogP contribution in [0.4, 0.5) is 5.13 Å². The van der Waals surface area contributed by atoms with Gasteiger partial charge in [-0.15, -0.1) is 20.4 Å². The van der Waals surface area contributed by atoms with Gasteiger partial charge in [0.1, 0.15) is 11.4 Å². The molecular formula is C24H19Cl2N7O3S. The number of hydrogen-bond acceptors (Lipinski definition) is 9. The second-order valence-corrected chi connectivity index (χ2v) is 10.5. The summed E-state index contributed by atoms with van der Waals surface area (Å²) in [5.41, 5.74) is 2.37. The van der Waals surface area contributed by atoms with Gasteiger partial charge in [0.15, 0.2) is 11.6 Å². The van der Waals surface area contributed by atoms with E-state index >= 15 is 0 Å². The fraction of sp³-hybridized carbons (Fsp3) is 0.250. The third kappa shape index (κ3) is 4.54. The summed E-state index contributed by atoms with van der Waals surface area (Å²) in [7, 11) is 0. The molecule has 2 aliphatic rings. The lowest BCUT2D eigenvalue weighted by atomic mass is 9.83. The lowest BCUT2D eigenvalue weighted by Gasteiger charge is -2.43. The average Bonchev–Trinajstić information content (AvgIpc) is 3.55. The molecule has 2 aliphatic heterocycles. The molecule has 1 saturated heterocycles. The van der Waals surface area contributed by atoms with Crippen molar-refractivity contribution < 1.29 is 14.6 Å². The van der Waals surface area contributed by atoms with Crippen LogP contribution in [-0.2, 0) is 11.3 Å². The second kappa shape index (κ2) is 9.40. The zero-order chi connectivity index (χ0) is 25.6. The van der Waals surface area contributed by atoms with Gasteiger partial charge in [-0.05, 0) is 29.0 Å². The molecule has 4 aromatic rings. The normalized spacial score (nSPS) is 16.3. The Kier molecular flexibility index (Phi) is 6.06. The molecule has 4 heterocycles. The largest absolute Gasteiger partial charge is 0.482 e. The zero-order valence-electron chi connectivity index (χ0n) is 19.2. The predicted molar refractivity (Wildman–Crippen MR) is 139 cm³/mol. The zero-order valence-corrected chi connectivity index (χ0v) is 21.5. The molecule has 0 saturated carbocycles. The molecule has 1 spiro atoms. The highest BCUT2D eigenvalue weighted by atomic mass is 35.5. The van der Waals surface area contributed by atoms with Gasteiger partial charge in [0.25, 0.3) is 0 Å². The van der Waals surface area contributed by atoms with Crippen molar-refractivity contribution in [2.24, 2.45) is 0 Å². The third-order valence-electron chi connectivity index (χ3n) is 6.36. The molecule has 13 heteroatoms. The van der Waals surface area contributed by atoms with Crippen molar-refractivity contribution in [2.75, 3.05) is 18.0 Å². The van der Waals surface area contributed by atoms with Gasteiger partial charge in [0, 0.05) is 37.1 Å². The fourth-order valence-electron chi connectivity index (χ4n) is 4.58. The molecule has 2 aromatic heterocycles. The Bertz CT molecular complexity index is 1530. The Morgan fingerprint density at radius 3 is 2.65 bits per heavy atom. The number of ether oxygens (including phenoxy) is 1. The van der Waals surface area contributed by atoms with Crippen LogP contribution < -0.4 is 9.64 Å². The van der Waals surface area contributed by atoms with E-state index in [1.165, 1.54) is 11.3 Å². The number of fused-ring (bicyclic) bond motifs is 1. The van der Waals surface area contributed by atoms with Gasteiger partial charge in [-0.1, -0.05) is 64.9 Å². The van der Waals surface area contributed by atoms with Crippen LogP contribution in [0.3, 0.4) is 0 Å². The molecule has 37 heavy (non-hydrogen) atoms. The van der Waals surface area contributed by atoms with E-state index in [-0.39, 0.29) is 12.4 Å². The van der Waals surface area contributed by atoms with Gasteiger partial charge in [-0.2, -0.15) is 4.80 Å². The number of anilines is 1. The topological polar surface area (TPSA) is 119 Å². The molecule has 6 rings (SSSR count). The number of hydrogen-bond donors (Lipinski definition) is 1. The summed E-state index contributed by atoms with van der Waals surface area (Å²) in [5.74, 6) is 0.0152. The smallest absolute Gasteiger partial charge is 0.327 e. The Balaban J connectivity index is 1.24. The molecule has 10 nitrogen and oxygen atoms in total. The Labute approximate surface area is 225 Å². The number of nitrogens with zero attached hydrogens (tertiary/aromatic N) is 7.